The average Bonchev–Trinajstić information content (AvgIpc) is 3.01. The Morgan fingerprint density at radius 1 is 1.29 bits per heavy atom. The summed E-state index contributed by atoms with van der Waals surface area (Å²) in [6.07, 6.45) is 3.13. The number of carbonyl (C=O) groups excluding carboxylic acids is 1. The number of fused-ring (bicyclic) bond motifs is 1. The number of nitrogens with zero attached hydrogens (tertiary/aromatic N) is 3. The van der Waals surface area contributed by atoms with E-state index in [-0.39, 0.29) is 36.9 Å². The Morgan fingerprint density at radius 2 is 2.08 bits per heavy atom. The minimum Gasteiger partial charge on any atom is -0.481 e. The maximum atomic E-state index is 12.4. The molecule has 1 aromatic carbocycles. The molecular formula is C17H19N3O4. The molecule has 3 rings (SSSR count). The standard InChI is InChI=1S/C17H19N3O4/c21-15(20-8-3-4-12(20)10-16(22)23)7-9-19-11-18-14-6-2-1-5-13(14)17(19)24/h1-2,5-6,11-12H,3-4,7-10H2,(H,22,23). The molecule has 1 aromatic heterocycles. The van der Waals surface area contributed by atoms with Crippen LogP contribution in [0.3, 0.4) is 0 Å². The van der Waals surface area contributed by atoms with E-state index in [0.29, 0.717) is 17.4 Å². The zero-order valence-electron chi connectivity index (χ0n) is 13.2. The van der Waals surface area contributed by atoms with Gasteiger partial charge in [0.05, 0.1) is 23.7 Å². The van der Waals surface area contributed by atoms with Crippen LogP contribution in [0.5, 0.6) is 0 Å². The van der Waals surface area contributed by atoms with Crippen molar-refractivity contribution in [3.63, 3.8) is 0 Å². The van der Waals surface area contributed by atoms with Crippen LogP contribution in [-0.4, -0.2) is 44.0 Å². The molecule has 24 heavy (non-hydrogen) atoms. The summed E-state index contributed by atoms with van der Waals surface area (Å²) in [7, 11) is 0. The largest absolute Gasteiger partial charge is 0.481 e. The smallest absolute Gasteiger partial charge is 0.305 e. The van der Waals surface area contributed by atoms with Gasteiger partial charge in [-0.25, -0.2) is 4.98 Å². The summed E-state index contributed by atoms with van der Waals surface area (Å²) in [5.41, 5.74) is 0.461. The first kappa shape index (κ1) is 16.2. The van der Waals surface area contributed by atoms with E-state index in [1.165, 1.54) is 10.9 Å². The van der Waals surface area contributed by atoms with E-state index in [9.17, 15) is 14.4 Å². The molecule has 0 bridgehead atoms. The third-order valence-corrected chi connectivity index (χ3v) is 4.41. The fourth-order valence-corrected chi connectivity index (χ4v) is 3.20. The van der Waals surface area contributed by atoms with Gasteiger partial charge in [0.1, 0.15) is 0 Å². The molecule has 126 valence electrons. The highest BCUT2D eigenvalue weighted by atomic mass is 16.4. The fraction of sp³-hybridized carbons (Fsp3) is 0.412. The number of carboxylic acid groups (broad SMARTS) is 1. The summed E-state index contributed by atoms with van der Waals surface area (Å²) in [6.45, 7) is 0.827. The predicted molar refractivity (Wildman–Crippen MR) is 87.6 cm³/mol. The number of benzene rings is 1. The number of para-hydroxylation sites is 1. The van der Waals surface area contributed by atoms with Gasteiger partial charge in [0.2, 0.25) is 5.91 Å². The third kappa shape index (κ3) is 3.29. The van der Waals surface area contributed by atoms with E-state index in [2.05, 4.69) is 4.98 Å². The molecule has 7 heteroatoms. The van der Waals surface area contributed by atoms with Crippen LogP contribution in [0, 0.1) is 0 Å². The molecule has 1 fully saturated rings. The Hall–Kier alpha value is -2.70. The number of carboxylic acids is 1. The minimum absolute atomic E-state index is 0.0246. The Morgan fingerprint density at radius 3 is 2.88 bits per heavy atom. The van der Waals surface area contributed by atoms with Gasteiger partial charge in [-0.3, -0.25) is 19.0 Å². The average molecular weight is 329 g/mol. The minimum atomic E-state index is -0.894. The second-order valence-electron chi connectivity index (χ2n) is 5.99. The zero-order chi connectivity index (χ0) is 17.1. The number of hydrogen-bond donors (Lipinski definition) is 1. The summed E-state index contributed by atoms with van der Waals surface area (Å²) >= 11 is 0. The molecule has 0 aliphatic carbocycles. The third-order valence-electron chi connectivity index (χ3n) is 4.41. The predicted octanol–water partition coefficient (Wildman–Crippen LogP) is 1.25. The fourth-order valence-electron chi connectivity index (χ4n) is 3.20. The normalized spacial score (nSPS) is 17.3. The lowest BCUT2D eigenvalue weighted by Gasteiger charge is -2.23. The molecular weight excluding hydrogens is 310 g/mol. The molecule has 0 radical (unpaired) electrons. The van der Waals surface area contributed by atoms with Gasteiger partial charge in [-0.2, -0.15) is 0 Å². The monoisotopic (exact) mass is 329 g/mol. The van der Waals surface area contributed by atoms with Gasteiger partial charge in [0, 0.05) is 25.6 Å². The second kappa shape index (κ2) is 6.82. The molecule has 1 N–H and O–H groups in total. The Balaban J connectivity index is 1.69. The van der Waals surface area contributed by atoms with Crippen molar-refractivity contribution in [2.75, 3.05) is 6.54 Å². The van der Waals surface area contributed by atoms with E-state index < -0.39 is 5.97 Å². The first-order valence-electron chi connectivity index (χ1n) is 8.01. The lowest BCUT2D eigenvalue weighted by atomic mass is 10.1. The maximum Gasteiger partial charge on any atom is 0.305 e. The summed E-state index contributed by atoms with van der Waals surface area (Å²) in [6, 6.07) is 6.85. The number of likely N-dealkylation sites (tertiary alicyclic amines) is 1. The van der Waals surface area contributed by atoms with Gasteiger partial charge in [0.15, 0.2) is 0 Å². The first-order valence-corrected chi connectivity index (χ1v) is 8.01. The molecule has 1 saturated heterocycles. The van der Waals surface area contributed by atoms with Crippen LogP contribution in [0.4, 0.5) is 0 Å². The van der Waals surface area contributed by atoms with E-state index in [0.717, 1.165) is 12.8 Å². The van der Waals surface area contributed by atoms with Gasteiger partial charge in [-0.15, -0.1) is 0 Å². The lowest BCUT2D eigenvalue weighted by molar-refractivity contribution is -0.139. The summed E-state index contributed by atoms with van der Waals surface area (Å²) < 4.78 is 1.43. The number of carbonyl (C=O) groups is 2. The number of aryl methyl sites for hydroxylation is 1. The van der Waals surface area contributed by atoms with Crippen LogP contribution in [0.15, 0.2) is 35.4 Å². The molecule has 0 spiro atoms. The molecule has 2 heterocycles. The van der Waals surface area contributed by atoms with Crippen molar-refractivity contribution >= 4 is 22.8 Å². The number of aliphatic carboxylic acids is 1. The maximum absolute atomic E-state index is 12.4. The first-order chi connectivity index (χ1) is 11.6. The molecule has 1 aliphatic heterocycles. The summed E-state index contributed by atoms with van der Waals surface area (Å²) in [5.74, 6) is -1.01. The van der Waals surface area contributed by atoms with Crippen LogP contribution in [0.2, 0.25) is 0 Å². The number of aromatic nitrogens is 2. The topological polar surface area (TPSA) is 92.5 Å². The lowest BCUT2D eigenvalue weighted by Crippen LogP contribution is -2.37. The van der Waals surface area contributed by atoms with Crippen molar-refractivity contribution in [3.8, 4) is 0 Å². The van der Waals surface area contributed by atoms with Crippen LogP contribution in [0.1, 0.15) is 25.7 Å². The van der Waals surface area contributed by atoms with E-state index in [4.69, 9.17) is 5.11 Å². The number of hydrogen-bond acceptors (Lipinski definition) is 4. The molecule has 2 aromatic rings. The van der Waals surface area contributed by atoms with Gasteiger partial charge >= 0.3 is 5.97 Å². The SMILES string of the molecule is O=C(O)CC1CCCN1C(=O)CCn1cnc2ccccc2c1=O. The van der Waals surface area contributed by atoms with Crippen molar-refractivity contribution < 1.29 is 14.7 Å². The van der Waals surface area contributed by atoms with E-state index in [1.54, 1.807) is 23.1 Å². The molecule has 1 atom stereocenters. The van der Waals surface area contributed by atoms with Gasteiger partial charge in [0.25, 0.3) is 5.56 Å². The van der Waals surface area contributed by atoms with Gasteiger partial charge in [-0.1, -0.05) is 12.1 Å². The van der Waals surface area contributed by atoms with Crippen LogP contribution >= 0.6 is 0 Å². The van der Waals surface area contributed by atoms with Gasteiger partial charge < -0.3 is 10.0 Å². The highest BCUT2D eigenvalue weighted by Gasteiger charge is 2.29. The highest BCUT2D eigenvalue weighted by Crippen LogP contribution is 2.21. The van der Waals surface area contributed by atoms with Crippen molar-refractivity contribution in [2.24, 2.45) is 0 Å². The Labute approximate surface area is 138 Å². The van der Waals surface area contributed by atoms with E-state index >= 15 is 0 Å². The van der Waals surface area contributed by atoms with Crippen LogP contribution < -0.4 is 5.56 Å². The Bertz CT molecular complexity index is 830. The van der Waals surface area contributed by atoms with Crippen molar-refractivity contribution in [3.05, 3.63) is 40.9 Å². The molecule has 0 saturated carbocycles. The number of rotatable bonds is 5. The summed E-state index contributed by atoms with van der Waals surface area (Å²) in [5, 5.41) is 9.45. The number of amides is 1. The molecule has 1 unspecified atom stereocenters. The van der Waals surface area contributed by atoms with Crippen LogP contribution in [-0.2, 0) is 16.1 Å². The molecule has 7 nitrogen and oxygen atoms in total. The Kier molecular flexibility index (Phi) is 4.59. The van der Waals surface area contributed by atoms with Crippen molar-refractivity contribution in [1.29, 1.82) is 0 Å². The highest BCUT2D eigenvalue weighted by molar-refractivity contribution is 5.78. The molecule has 1 amide bonds. The van der Waals surface area contributed by atoms with E-state index in [1.807, 2.05) is 6.07 Å². The second-order valence-corrected chi connectivity index (χ2v) is 5.99. The quantitative estimate of drug-likeness (QED) is 0.891. The van der Waals surface area contributed by atoms with Crippen LogP contribution in [0.25, 0.3) is 10.9 Å². The van der Waals surface area contributed by atoms with Crippen molar-refractivity contribution in [2.45, 2.75) is 38.3 Å². The zero-order valence-corrected chi connectivity index (χ0v) is 13.2. The van der Waals surface area contributed by atoms with Crippen molar-refractivity contribution in [1.82, 2.24) is 14.5 Å². The summed E-state index contributed by atoms with van der Waals surface area (Å²) in [4.78, 5) is 41.5. The molecule has 1 aliphatic rings. The van der Waals surface area contributed by atoms with Gasteiger partial charge in [-0.05, 0) is 25.0 Å².